The maximum Gasteiger partial charge on any atom is 0.231 e. The van der Waals surface area contributed by atoms with Gasteiger partial charge in [-0.2, -0.15) is 0 Å². The van der Waals surface area contributed by atoms with Crippen LogP contribution in [0.3, 0.4) is 0 Å². The van der Waals surface area contributed by atoms with Gasteiger partial charge in [-0.15, -0.1) is 0 Å². The molecule has 4 rings (SSSR count). The number of halogens is 1. The quantitative estimate of drug-likeness (QED) is 0.694. The van der Waals surface area contributed by atoms with Gasteiger partial charge < -0.3 is 14.6 Å². The lowest BCUT2D eigenvalue weighted by molar-refractivity contribution is -0.120. The zero-order valence-corrected chi connectivity index (χ0v) is 17.0. The minimum absolute atomic E-state index is 0.0270. The molecule has 1 aromatic carbocycles. The average Bonchev–Trinajstić information content (AvgIpc) is 2.99. The number of nitrogens with one attached hydrogen (secondary N) is 1. The number of fused-ring (bicyclic) bond motifs is 1. The second-order valence-electron chi connectivity index (χ2n) is 7.38. The van der Waals surface area contributed by atoms with Gasteiger partial charge in [0.2, 0.25) is 11.6 Å². The molecule has 7 heteroatoms. The van der Waals surface area contributed by atoms with Gasteiger partial charge in [-0.3, -0.25) is 4.79 Å². The van der Waals surface area contributed by atoms with Crippen LogP contribution in [0.15, 0.2) is 28.9 Å². The smallest absolute Gasteiger partial charge is 0.231 e. The van der Waals surface area contributed by atoms with E-state index in [1.165, 1.54) is 0 Å². The molecule has 0 radical (unpaired) electrons. The Balaban J connectivity index is 1.45. The molecule has 0 atom stereocenters. The third kappa shape index (κ3) is 3.44. The van der Waals surface area contributed by atoms with Gasteiger partial charge in [-0.05, 0) is 51.3 Å². The fourth-order valence-electron chi connectivity index (χ4n) is 3.67. The van der Waals surface area contributed by atoms with Gasteiger partial charge in [0, 0.05) is 35.3 Å². The maximum absolute atomic E-state index is 12.7. The Morgan fingerprint density at radius 1 is 1.21 bits per heavy atom. The third-order valence-electron chi connectivity index (χ3n) is 5.55. The summed E-state index contributed by atoms with van der Waals surface area (Å²) in [7, 11) is 0. The van der Waals surface area contributed by atoms with Crippen LogP contribution in [0.1, 0.15) is 29.7 Å². The molecular weight excluding hydrogens is 376 g/mol. The molecule has 3 aromatic rings. The van der Waals surface area contributed by atoms with E-state index in [1.54, 1.807) is 12.4 Å². The lowest BCUT2D eigenvalue weighted by Crippen LogP contribution is -2.38. The second-order valence-corrected chi connectivity index (χ2v) is 7.78. The van der Waals surface area contributed by atoms with Gasteiger partial charge in [0.05, 0.1) is 5.39 Å². The minimum Gasteiger partial charge on any atom is -0.443 e. The highest BCUT2D eigenvalue weighted by Crippen LogP contribution is 2.32. The van der Waals surface area contributed by atoms with Crippen molar-refractivity contribution >= 4 is 40.1 Å². The fourth-order valence-corrected chi connectivity index (χ4v) is 3.85. The number of anilines is 2. The highest BCUT2D eigenvalue weighted by molar-refractivity contribution is 6.31. The van der Waals surface area contributed by atoms with E-state index in [0.29, 0.717) is 10.7 Å². The molecule has 2 aromatic heterocycles. The van der Waals surface area contributed by atoms with Crippen LogP contribution in [0.4, 0.5) is 11.5 Å². The number of rotatable bonds is 3. The van der Waals surface area contributed by atoms with Gasteiger partial charge in [-0.1, -0.05) is 17.7 Å². The van der Waals surface area contributed by atoms with E-state index in [4.69, 9.17) is 16.0 Å². The Hall–Kier alpha value is -2.60. The topological polar surface area (TPSA) is 71.3 Å². The van der Waals surface area contributed by atoms with E-state index < -0.39 is 0 Å². The molecule has 1 amide bonds. The third-order valence-corrected chi connectivity index (χ3v) is 5.96. The van der Waals surface area contributed by atoms with Crippen LogP contribution in [0.5, 0.6) is 0 Å². The Morgan fingerprint density at radius 3 is 2.68 bits per heavy atom. The molecule has 0 unspecified atom stereocenters. The van der Waals surface area contributed by atoms with E-state index in [-0.39, 0.29) is 11.8 Å². The molecule has 6 nitrogen and oxygen atoms in total. The summed E-state index contributed by atoms with van der Waals surface area (Å²) >= 11 is 6.15. The van der Waals surface area contributed by atoms with Crippen LogP contribution in [0.2, 0.25) is 5.02 Å². The van der Waals surface area contributed by atoms with Crippen molar-refractivity contribution in [2.75, 3.05) is 23.3 Å². The highest BCUT2D eigenvalue weighted by Gasteiger charge is 2.27. The first-order chi connectivity index (χ1) is 13.4. The number of hydrogen-bond acceptors (Lipinski definition) is 5. The normalized spacial score (nSPS) is 15.2. The molecule has 0 spiro atoms. The summed E-state index contributed by atoms with van der Waals surface area (Å²) in [6, 6.07) is 5.59. The van der Waals surface area contributed by atoms with Crippen molar-refractivity contribution in [1.82, 2.24) is 9.97 Å². The van der Waals surface area contributed by atoms with Gasteiger partial charge in [0.25, 0.3) is 0 Å². The molecule has 1 N–H and O–H groups in total. The van der Waals surface area contributed by atoms with Crippen molar-refractivity contribution < 1.29 is 9.21 Å². The van der Waals surface area contributed by atoms with Crippen molar-refractivity contribution in [1.29, 1.82) is 0 Å². The molecule has 1 saturated heterocycles. The van der Waals surface area contributed by atoms with E-state index in [1.807, 2.05) is 32.9 Å². The van der Waals surface area contributed by atoms with Crippen LogP contribution >= 0.6 is 11.6 Å². The molecule has 146 valence electrons. The van der Waals surface area contributed by atoms with Gasteiger partial charge in [0.1, 0.15) is 17.9 Å². The second kappa shape index (κ2) is 7.43. The Bertz CT molecular complexity index is 1040. The monoisotopic (exact) mass is 398 g/mol. The molecule has 1 aliphatic rings. The van der Waals surface area contributed by atoms with E-state index in [0.717, 1.165) is 59.7 Å². The van der Waals surface area contributed by atoms with Crippen LogP contribution in [0, 0.1) is 26.7 Å². The number of benzene rings is 1. The maximum atomic E-state index is 12.7. The zero-order chi connectivity index (χ0) is 19.8. The highest BCUT2D eigenvalue weighted by atomic mass is 35.5. The summed E-state index contributed by atoms with van der Waals surface area (Å²) in [6.07, 6.45) is 3.08. The van der Waals surface area contributed by atoms with Crippen LogP contribution in [-0.2, 0) is 4.79 Å². The lowest BCUT2D eigenvalue weighted by Gasteiger charge is -2.32. The number of furan rings is 1. The van der Waals surface area contributed by atoms with Gasteiger partial charge in [-0.25, -0.2) is 9.97 Å². The largest absolute Gasteiger partial charge is 0.443 e. The summed E-state index contributed by atoms with van der Waals surface area (Å²) in [4.78, 5) is 23.6. The molecule has 0 saturated carbocycles. The molecule has 0 bridgehead atoms. The van der Waals surface area contributed by atoms with Crippen LogP contribution < -0.4 is 10.2 Å². The molecule has 1 fully saturated rings. The van der Waals surface area contributed by atoms with Gasteiger partial charge in [0.15, 0.2) is 0 Å². The minimum atomic E-state index is -0.0270. The molecular formula is C21H23ClN4O2. The fraction of sp³-hybridized carbons (Fsp3) is 0.381. The Labute approximate surface area is 168 Å². The van der Waals surface area contributed by atoms with Crippen LogP contribution in [-0.4, -0.2) is 29.0 Å². The molecule has 0 aliphatic carbocycles. The number of carbonyl (C=O) groups is 1. The summed E-state index contributed by atoms with van der Waals surface area (Å²) < 4.78 is 5.72. The number of piperidine rings is 1. The number of aryl methyl sites for hydroxylation is 3. The Kier molecular flexibility index (Phi) is 4.98. The zero-order valence-electron chi connectivity index (χ0n) is 16.3. The number of nitrogens with zero attached hydrogens (tertiary/aromatic N) is 3. The predicted octanol–water partition coefficient (Wildman–Crippen LogP) is 4.66. The van der Waals surface area contributed by atoms with Gasteiger partial charge >= 0.3 is 0 Å². The lowest BCUT2D eigenvalue weighted by atomic mass is 9.95. The summed E-state index contributed by atoms with van der Waals surface area (Å²) in [5, 5.41) is 4.62. The van der Waals surface area contributed by atoms with E-state index in [9.17, 15) is 4.79 Å². The van der Waals surface area contributed by atoms with Crippen molar-refractivity contribution in [2.24, 2.45) is 5.92 Å². The molecule has 28 heavy (non-hydrogen) atoms. The van der Waals surface area contributed by atoms with Crippen LogP contribution in [0.25, 0.3) is 11.1 Å². The Morgan fingerprint density at radius 2 is 1.96 bits per heavy atom. The van der Waals surface area contributed by atoms with Crippen molar-refractivity contribution in [3.63, 3.8) is 0 Å². The predicted molar refractivity (Wildman–Crippen MR) is 111 cm³/mol. The summed E-state index contributed by atoms with van der Waals surface area (Å²) in [6.45, 7) is 7.44. The van der Waals surface area contributed by atoms with E-state index in [2.05, 4.69) is 20.2 Å². The molecule has 3 heterocycles. The van der Waals surface area contributed by atoms with E-state index >= 15 is 0 Å². The van der Waals surface area contributed by atoms with Crippen molar-refractivity contribution in [3.05, 3.63) is 46.4 Å². The number of carbonyl (C=O) groups excluding carboxylic acids is 1. The first kappa shape index (κ1) is 18.7. The summed E-state index contributed by atoms with van der Waals surface area (Å²) in [5.41, 5.74) is 3.43. The van der Waals surface area contributed by atoms with Crippen molar-refractivity contribution in [3.8, 4) is 0 Å². The molecule has 1 aliphatic heterocycles. The standard InChI is InChI=1S/C21H23ClN4O2/c1-12-4-5-16(10-17(12)22)25-20(27)15-6-8-26(9-7-15)19-18-13(2)14(3)28-21(18)24-11-23-19/h4-5,10-11,15H,6-9H2,1-3H3,(H,25,27). The first-order valence-corrected chi connectivity index (χ1v) is 9.84. The summed E-state index contributed by atoms with van der Waals surface area (Å²) in [5.74, 6) is 1.77. The number of hydrogen-bond donors (Lipinski definition) is 1. The average molecular weight is 399 g/mol. The first-order valence-electron chi connectivity index (χ1n) is 9.46. The number of aromatic nitrogens is 2. The number of amides is 1. The SMILES string of the molecule is Cc1ccc(NC(=O)C2CCN(c3ncnc4oc(C)c(C)c34)CC2)cc1Cl. The van der Waals surface area contributed by atoms with Crippen molar-refractivity contribution in [2.45, 2.75) is 33.6 Å².